The third kappa shape index (κ3) is 2.40. The predicted octanol–water partition coefficient (Wildman–Crippen LogP) is 1.72. The van der Waals surface area contributed by atoms with Gasteiger partial charge in [-0.15, -0.1) is 0 Å². The lowest BCUT2D eigenvalue weighted by Crippen LogP contribution is -2.07. The first-order valence-corrected chi connectivity index (χ1v) is 3.65. The van der Waals surface area contributed by atoms with Crippen molar-refractivity contribution in [3.63, 3.8) is 0 Å². The van der Waals surface area contributed by atoms with Crippen molar-refractivity contribution in [1.29, 1.82) is 0 Å². The van der Waals surface area contributed by atoms with Gasteiger partial charge < -0.3 is 9.47 Å². The lowest BCUT2D eigenvalue weighted by atomic mass is 10.3. The molecule has 1 heterocycles. The van der Waals surface area contributed by atoms with E-state index < -0.39 is 0 Å². The quantitative estimate of drug-likeness (QED) is 0.546. The minimum absolute atomic E-state index is 0.301. The van der Waals surface area contributed by atoms with Gasteiger partial charge in [-0.05, 0) is 19.4 Å². The summed E-state index contributed by atoms with van der Waals surface area (Å²) in [7, 11) is 0. The Morgan fingerprint density at radius 1 is 1.60 bits per heavy atom. The van der Waals surface area contributed by atoms with Crippen molar-refractivity contribution in [2.75, 3.05) is 13.2 Å². The molecule has 0 spiro atoms. The maximum absolute atomic E-state index is 5.38. The van der Waals surface area contributed by atoms with Crippen molar-refractivity contribution < 1.29 is 9.47 Å². The van der Waals surface area contributed by atoms with Crippen LogP contribution in [-0.4, -0.2) is 19.3 Å². The summed E-state index contributed by atoms with van der Waals surface area (Å²) in [6.07, 6.45) is 3.14. The molecule has 0 aromatic rings. The molecule has 2 heteroatoms. The highest BCUT2D eigenvalue weighted by molar-refractivity contribution is 4.87. The molecule has 1 aliphatic heterocycles. The van der Waals surface area contributed by atoms with Gasteiger partial charge in [0.1, 0.15) is 6.10 Å². The van der Waals surface area contributed by atoms with Crippen LogP contribution in [0.2, 0.25) is 0 Å². The molecule has 0 aromatic carbocycles. The van der Waals surface area contributed by atoms with Gasteiger partial charge in [0.15, 0.2) is 0 Å². The van der Waals surface area contributed by atoms with E-state index in [9.17, 15) is 0 Å². The molecular weight excluding hydrogens is 128 g/mol. The zero-order valence-corrected chi connectivity index (χ0v) is 6.59. The number of rotatable bonds is 2. The topological polar surface area (TPSA) is 18.5 Å². The Morgan fingerprint density at radius 3 is 2.90 bits per heavy atom. The maximum atomic E-state index is 5.38. The van der Waals surface area contributed by atoms with Crippen LogP contribution >= 0.6 is 0 Å². The van der Waals surface area contributed by atoms with Crippen molar-refractivity contribution in [3.05, 3.63) is 11.8 Å². The van der Waals surface area contributed by atoms with Gasteiger partial charge in [-0.3, -0.25) is 0 Å². The van der Waals surface area contributed by atoms with Crippen LogP contribution in [0.15, 0.2) is 11.8 Å². The van der Waals surface area contributed by atoms with Crippen LogP contribution in [0.5, 0.6) is 0 Å². The Morgan fingerprint density at radius 2 is 2.40 bits per heavy atom. The predicted molar refractivity (Wildman–Crippen MR) is 39.7 cm³/mol. The zero-order valence-electron chi connectivity index (χ0n) is 6.59. The Hall–Kier alpha value is -0.500. The van der Waals surface area contributed by atoms with Crippen LogP contribution in [0.1, 0.15) is 20.3 Å². The van der Waals surface area contributed by atoms with Crippen molar-refractivity contribution in [2.45, 2.75) is 26.4 Å². The summed E-state index contributed by atoms with van der Waals surface area (Å²) in [6, 6.07) is 0. The molecule has 1 aliphatic rings. The van der Waals surface area contributed by atoms with Gasteiger partial charge in [-0.25, -0.2) is 0 Å². The van der Waals surface area contributed by atoms with Crippen molar-refractivity contribution >= 4 is 0 Å². The fraction of sp³-hybridized carbons (Fsp3) is 0.750. The molecule has 0 aliphatic carbocycles. The second kappa shape index (κ2) is 3.62. The SMILES string of the molecule is CC(C)=COC1CCOC1. The highest BCUT2D eigenvalue weighted by atomic mass is 16.5. The number of allylic oxidation sites excluding steroid dienone is 1. The number of ether oxygens (including phenoxy) is 2. The van der Waals surface area contributed by atoms with Gasteiger partial charge in [-0.2, -0.15) is 0 Å². The van der Waals surface area contributed by atoms with Gasteiger partial charge in [0, 0.05) is 6.42 Å². The first kappa shape index (κ1) is 7.61. The van der Waals surface area contributed by atoms with E-state index in [1.54, 1.807) is 6.26 Å². The molecule has 0 saturated carbocycles. The van der Waals surface area contributed by atoms with Crippen LogP contribution in [0.4, 0.5) is 0 Å². The molecule has 1 saturated heterocycles. The van der Waals surface area contributed by atoms with Crippen molar-refractivity contribution in [2.24, 2.45) is 0 Å². The molecule has 58 valence electrons. The molecule has 0 bridgehead atoms. The Kier molecular flexibility index (Phi) is 2.75. The van der Waals surface area contributed by atoms with Crippen LogP contribution in [0.3, 0.4) is 0 Å². The molecule has 1 unspecified atom stereocenters. The standard InChI is InChI=1S/C8H14O2/c1-7(2)5-10-8-3-4-9-6-8/h5,8H,3-4,6H2,1-2H3. The first-order valence-electron chi connectivity index (χ1n) is 3.65. The Balaban J connectivity index is 2.18. The fourth-order valence-corrected chi connectivity index (χ4v) is 0.853. The number of hydrogen-bond donors (Lipinski definition) is 0. The van der Waals surface area contributed by atoms with Crippen LogP contribution in [0, 0.1) is 0 Å². The summed E-state index contributed by atoms with van der Waals surface area (Å²) < 4.78 is 10.5. The van der Waals surface area contributed by atoms with E-state index in [1.165, 1.54) is 5.57 Å². The van der Waals surface area contributed by atoms with E-state index in [0.717, 1.165) is 19.6 Å². The van der Waals surface area contributed by atoms with Crippen molar-refractivity contribution in [1.82, 2.24) is 0 Å². The molecular formula is C8H14O2. The fourth-order valence-electron chi connectivity index (χ4n) is 0.853. The average Bonchev–Trinajstić information content (AvgIpc) is 2.34. The van der Waals surface area contributed by atoms with E-state index in [1.807, 2.05) is 13.8 Å². The third-order valence-corrected chi connectivity index (χ3v) is 1.38. The monoisotopic (exact) mass is 142 g/mol. The summed E-state index contributed by atoms with van der Waals surface area (Å²) in [6.45, 7) is 5.65. The van der Waals surface area contributed by atoms with Gasteiger partial charge in [0.05, 0.1) is 19.5 Å². The second-order valence-electron chi connectivity index (χ2n) is 2.82. The molecule has 0 N–H and O–H groups in total. The third-order valence-electron chi connectivity index (χ3n) is 1.38. The average molecular weight is 142 g/mol. The Labute approximate surface area is 61.8 Å². The van der Waals surface area contributed by atoms with Crippen molar-refractivity contribution in [3.8, 4) is 0 Å². The summed E-state index contributed by atoms with van der Waals surface area (Å²) >= 11 is 0. The molecule has 1 rings (SSSR count). The molecule has 2 nitrogen and oxygen atoms in total. The summed E-state index contributed by atoms with van der Waals surface area (Å²) in [5.74, 6) is 0. The van der Waals surface area contributed by atoms with E-state index >= 15 is 0 Å². The molecule has 10 heavy (non-hydrogen) atoms. The smallest absolute Gasteiger partial charge is 0.123 e. The summed E-state index contributed by atoms with van der Waals surface area (Å²) in [5, 5.41) is 0. The van der Waals surface area contributed by atoms with Crippen LogP contribution < -0.4 is 0 Å². The van der Waals surface area contributed by atoms with Gasteiger partial charge >= 0.3 is 0 Å². The lowest BCUT2D eigenvalue weighted by molar-refractivity contribution is 0.109. The number of hydrogen-bond acceptors (Lipinski definition) is 2. The summed E-state index contributed by atoms with van der Waals surface area (Å²) in [5.41, 5.74) is 1.20. The van der Waals surface area contributed by atoms with E-state index in [-0.39, 0.29) is 0 Å². The highest BCUT2D eigenvalue weighted by Crippen LogP contribution is 2.08. The second-order valence-corrected chi connectivity index (χ2v) is 2.82. The minimum atomic E-state index is 0.301. The first-order chi connectivity index (χ1) is 4.79. The summed E-state index contributed by atoms with van der Waals surface area (Å²) in [4.78, 5) is 0. The van der Waals surface area contributed by atoms with E-state index in [2.05, 4.69) is 0 Å². The Bertz CT molecular complexity index is 119. The molecule has 1 atom stereocenters. The normalized spacial score (nSPS) is 24.4. The van der Waals surface area contributed by atoms with E-state index in [4.69, 9.17) is 9.47 Å². The van der Waals surface area contributed by atoms with Gasteiger partial charge in [0.25, 0.3) is 0 Å². The largest absolute Gasteiger partial charge is 0.496 e. The molecule has 0 radical (unpaired) electrons. The lowest BCUT2D eigenvalue weighted by Gasteiger charge is -2.06. The van der Waals surface area contributed by atoms with Gasteiger partial charge in [-0.1, -0.05) is 0 Å². The van der Waals surface area contributed by atoms with Gasteiger partial charge in [0.2, 0.25) is 0 Å². The zero-order chi connectivity index (χ0) is 7.40. The van der Waals surface area contributed by atoms with Crippen LogP contribution in [0.25, 0.3) is 0 Å². The molecule has 1 fully saturated rings. The highest BCUT2D eigenvalue weighted by Gasteiger charge is 2.14. The minimum Gasteiger partial charge on any atom is -0.496 e. The molecule has 0 amide bonds. The molecule has 0 aromatic heterocycles. The van der Waals surface area contributed by atoms with E-state index in [0.29, 0.717) is 6.10 Å². The van der Waals surface area contributed by atoms with Crippen LogP contribution in [-0.2, 0) is 9.47 Å². The maximum Gasteiger partial charge on any atom is 0.123 e.